The minimum Gasteiger partial charge on any atom is -0.330 e. The van der Waals surface area contributed by atoms with Crippen LogP contribution in [0.2, 0.25) is 0 Å². The summed E-state index contributed by atoms with van der Waals surface area (Å²) in [5, 5.41) is 0. The first-order valence-electron chi connectivity index (χ1n) is 7.10. The SMILES string of the molecule is CN(Cc1ccccc1F)S(=O)(=O)N1CCCC(CN)C1. The second-order valence-corrected chi connectivity index (χ2v) is 7.49. The molecule has 0 saturated carbocycles. The van der Waals surface area contributed by atoms with Crippen LogP contribution in [0.4, 0.5) is 4.39 Å². The summed E-state index contributed by atoms with van der Waals surface area (Å²) < 4.78 is 41.4. The van der Waals surface area contributed by atoms with Crippen molar-refractivity contribution in [1.82, 2.24) is 8.61 Å². The van der Waals surface area contributed by atoms with E-state index in [0.717, 1.165) is 12.8 Å². The molecule has 0 radical (unpaired) electrons. The summed E-state index contributed by atoms with van der Waals surface area (Å²) >= 11 is 0. The van der Waals surface area contributed by atoms with Crippen molar-refractivity contribution in [2.24, 2.45) is 11.7 Å². The van der Waals surface area contributed by atoms with Gasteiger partial charge in [-0.05, 0) is 31.4 Å². The molecule has 5 nitrogen and oxygen atoms in total. The fourth-order valence-corrected chi connectivity index (χ4v) is 4.03. The monoisotopic (exact) mass is 315 g/mol. The zero-order valence-corrected chi connectivity index (χ0v) is 13.0. The first-order chi connectivity index (χ1) is 9.95. The van der Waals surface area contributed by atoms with Crippen LogP contribution >= 0.6 is 0 Å². The summed E-state index contributed by atoms with van der Waals surface area (Å²) in [6.45, 7) is 1.46. The number of nitrogens with two attached hydrogens (primary N) is 1. The lowest BCUT2D eigenvalue weighted by molar-refractivity contribution is 0.254. The Balaban J connectivity index is 2.10. The van der Waals surface area contributed by atoms with Gasteiger partial charge in [-0.3, -0.25) is 0 Å². The highest BCUT2D eigenvalue weighted by atomic mass is 32.2. The van der Waals surface area contributed by atoms with Crippen LogP contribution in [0.25, 0.3) is 0 Å². The molecule has 1 fully saturated rings. The fourth-order valence-electron chi connectivity index (χ4n) is 2.57. The molecule has 1 aliphatic heterocycles. The summed E-state index contributed by atoms with van der Waals surface area (Å²) in [5.41, 5.74) is 6.01. The summed E-state index contributed by atoms with van der Waals surface area (Å²) in [4.78, 5) is 0. The predicted octanol–water partition coefficient (Wildman–Crippen LogP) is 1.17. The van der Waals surface area contributed by atoms with E-state index in [1.807, 2.05) is 0 Å². The molecule has 118 valence electrons. The number of hydrogen-bond acceptors (Lipinski definition) is 3. The van der Waals surface area contributed by atoms with Gasteiger partial charge in [-0.25, -0.2) is 4.39 Å². The normalized spacial score (nSPS) is 20.9. The van der Waals surface area contributed by atoms with E-state index in [1.54, 1.807) is 18.2 Å². The Morgan fingerprint density at radius 3 is 2.81 bits per heavy atom. The van der Waals surface area contributed by atoms with Gasteiger partial charge < -0.3 is 5.73 Å². The van der Waals surface area contributed by atoms with Gasteiger partial charge in [0.05, 0.1) is 0 Å². The van der Waals surface area contributed by atoms with E-state index in [1.165, 1.54) is 21.7 Å². The average molecular weight is 315 g/mol. The van der Waals surface area contributed by atoms with Crippen molar-refractivity contribution in [1.29, 1.82) is 0 Å². The molecule has 1 aromatic rings. The molecule has 1 unspecified atom stereocenters. The van der Waals surface area contributed by atoms with E-state index in [-0.39, 0.29) is 12.5 Å². The second-order valence-electron chi connectivity index (χ2n) is 5.46. The van der Waals surface area contributed by atoms with Crippen LogP contribution in [0.3, 0.4) is 0 Å². The molecule has 21 heavy (non-hydrogen) atoms. The van der Waals surface area contributed by atoms with Crippen molar-refractivity contribution in [2.45, 2.75) is 19.4 Å². The molecule has 1 aromatic carbocycles. The molecular weight excluding hydrogens is 293 g/mol. The van der Waals surface area contributed by atoms with Crippen LogP contribution in [0, 0.1) is 11.7 Å². The molecule has 0 amide bonds. The number of halogens is 1. The van der Waals surface area contributed by atoms with Crippen molar-refractivity contribution >= 4 is 10.2 Å². The third-order valence-corrected chi connectivity index (χ3v) is 5.79. The summed E-state index contributed by atoms with van der Waals surface area (Å²) in [6.07, 6.45) is 1.77. The molecule has 0 aliphatic carbocycles. The van der Waals surface area contributed by atoms with Gasteiger partial charge in [0, 0.05) is 32.2 Å². The number of rotatable bonds is 5. The molecule has 1 heterocycles. The van der Waals surface area contributed by atoms with E-state index in [2.05, 4.69) is 0 Å². The molecule has 1 aliphatic rings. The molecule has 1 atom stereocenters. The van der Waals surface area contributed by atoms with Gasteiger partial charge in [-0.1, -0.05) is 18.2 Å². The molecule has 0 aromatic heterocycles. The molecule has 0 bridgehead atoms. The Morgan fingerprint density at radius 2 is 2.14 bits per heavy atom. The highest BCUT2D eigenvalue weighted by molar-refractivity contribution is 7.86. The lowest BCUT2D eigenvalue weighted by atomic mass is 10.0. The third kappa shape index (κ3) is 3.79. The van der Waals surface area contributed by atoms with Crippen molar-refractivity contribution in [3.8, 4) is 0 Å². The van der Waals surface area contributed by atoms with Gasteiger partial charge in [-0.15, -0.1) is 0 Å². The molecule has 7 heteroatoms. The highest BCUT2D eigenvalue weighted by Crippen LogP contribution is 2.21. The van der Waals surface area contributed by atoms with Crippen molar-refractivity contribution < 1.29 is 12.8 Å². The van der Waals surface area contributed by atoms with Crippen LogP contribution in [0.1, 0.15) is 18.4 Å². The summed E-state index contributed by atoms with van der Waals surface area (Å²) in [6, 6.07) is 6.22. The third-order valence-electron chi connectivity index (χ3n) is 3.89. The molecule has 2 N–H and O–H groups in total. The molecule has 1 saturated heterocycles. The first-order valence-corrected chi connectivity index (χ1v) is 8.49. The van der Waals surface area contributed by atoms with Crippen LogP contribution in [-0.4, -0.2) is 43.7 Å². The zero-order valence-electron chi connectivity index (χ0n) is 12.2. The average Bonchev–Trinajstić information content (AvgIpc) is 2.49. The molecule has 2 rings (SSSR count). The van der Waals surface area contributed by atoms with Gasteiger partial charge in [0.2, 0.25) is 0 Å². The fraction of sp³-hybridized carbons (Fsp3) is 0.571. The maximum atomic E-state index is 13.6. The standard InChI is InChI=1S/C14H22FN3O2S/c1-17(11-13-6-2-3-7-14(13)15)21(19,20)18-8-4-5-12(9-16)10-18/h2-3,6-7,12H,4-5,8-11,16H2,1H3. The Kier molecular flexibility index (Phi) is 5.32. The number of piperidine rings is 1. The Morgan fingerprint density at radius 1 is 1.43 bits per heavy atom. The largest absolute Gasteiger partial charge is 0.330 e. The highest BCUT2D eigenvalue weighted by Gasteiger charge is 2.31. The van der Waals surface area contributed by atoms with Gasteiger partial charge in [0.15, 0.2) is 0 Å². The Bertz CT molecular complexity index is 579. The van der Waals surface area contributed by atoms with Gasteiger partial charge in [0.25, 0.3) is 10.2 Å². The van der Waals surface area contributed by atoms with E-state index in [0.29, 0.717) is 25.2 Å². The number of hydrogen-bond donors (Lipinski definition) is 1. The van der Waals surface area contributed by atoms with E-state index >= 15 is 0 Å². The van der Waals surface area contributed by atoms with Crippen LogP contribution in [0.5, 0.6) is 0 Å². The lowest BCUT2D eigenvalue weighted by Crippen LogP contribution is -2.47. The smallest absolute Gasteiger partial charge is 0.282 e. The van der Waals surface area contributed by atoms with Crippen molar-refractivity contribution in [3.63, 3.8) is 0 Å². The summed E-state index contributed by atoms with van der Waals surface area (Å²) in [7, 11) is -2.10. The maximum absolute atomic E-state index is 13.6. The second kappa shape index (κ2) is 6.83. The predicted molar refractivity (Wildman–Crippen MR) is 80.1 cm³/mol. The number of nitrogens with zero attached hydrogens (tertiary/aromatic N) is 2. The van der Waals surface area contributed by atoms with E-state index in [4.69, 9.17) is 5.73 Å². The van der Waals surface area contributed by atoms with Gasteiger partial charge >= 0.3 is 0 Å². The number of benzene rings is 1. The van der Waals surface area contributed by atoms with Crippen molar-refractivity contribution in [3.05, 3.63) is 35.6 Å². The van der Waals surface area contributed by atoms with Gasteiger partial charge in [-0.2, -0.15) is 17.0 Å². The minimum atomic E-state index is -3.58. The van der Waals surface area contributed by atoms with Crippen LogP contribution in [-0.2, 0) is 16.8 Å². The van der Waals surface area contributed by atoms with Crippen LogP contribution < -0.4 is 5.73 Å². The van der Waals surface area contributed by atoms with Crippen LogP contribution in [0.15, 0.2) is 24.3 Å². The maximum Gasteiger partial charge on any atom is 0.282 e. The molecular formula is C14H22FN3O2S. The van der Waals surface area contributed by atoms with Gasteiger partial charge in [0.1, 0.15) is 5.82 Å². The first kappa shape index (κ1) is 16.4. The van der Waals surface area contributed by atoms with E-state index in [9.17, 15) is 12.8 Å². The summed E-state index contributed by atoms with van der Waals surface area (Å²) in [5.74, 6) is -0.187. The quantitative estimate of drug-likeness (QED) is 0.887. The Hall–Kier alpha value is -1.02. The lowest BCUT2D eigenvalue weighted by Gasteiger charge is -2.34. The molecule has 0 spiro atoms. The van der Waals surface area contributed by atoms with E-state index < -0.39 is 16.0 Å². The topological polar surface area (TPSA) is 66.6 Å². The minimum absolute atomic E-state index is 0.0266. The Labute approximate surface area is 125 Å². The van der Waals surface area contributed by atoms with Crippen molar-refractivity contribution in [2.75, 3.05) is 26.7 Å². The zero-order chi connectivity index (χ0) is 15.5.